The van der Waals surface area contributed by atoms with Crippen molar-refractivity contribution in [2.24, 2.45) is 0 Å². The lowest BCUT2D eigenvalue weighted by atomic mass is 10.2. The molecule has 0 aromatic heterocycles. The molecule has 0 unspecified atom stereocenters. The first-order chi connectivity index (χ1) is 17.6. The Morgan fingerprint density at radius 1 is 1.03 bits per heavy atom. The lowest BCUT2D eigenvalue weighted by Gasteiger charge is -2.29. The third-order valence-electron chi connectivity index (χ3n) is 6.07. The molecule has 202 valence electrons. The number of hydrogen-bond donors (Lipinski definition) is 1. The fraction of sp³-hybridized carbons (Fsp3) is 0.458. The summed E-state index contributed by atoms with van der Waals surface area (Å²) < 4.78 is 69.5. The largest absolute Gasteiger partial charge is 0.492 e. The van der Waals surface area contributed by atoms with E-state index < -0.39 is 32.0 Å². The van der Waals surface area contributed by atoms with Gasteiger partial charge in [-0.25, -0.2) is 16.8 Å². The van der Waals surface area contributed by atoms with Crippen LogP contribution in [0.25, 0.3) is 0 Å². The first-order valence-corrected chi connectivity index (χ1v) is 15.3. The summed E-state index contributed by atoms with van der Waals surface area (Å²) in [4.78, 5) is 13.0. The quantitative estimate of drug-likeness (QED) is 0.439. The highest BCUT2D eigenvalue weighted by molar-refractivity contribution is 7.92. The van der Waals surface area contributed by atoms with Gasteiger partial charge in [0.05, 0.1) is 23.4 Å². The van der Waals surface area contributed by atoms with Crippen LogP contribution in [0, 0.1) is 0 Å². The van der Waals surface area contributed by atoms with Gasteiger partial charge >= 0.3 is 0 Å². The number of benzene rings is 2. The summed E-state index contributed by atoms with van der Waals surface area (Å²) in [6.07, 6.45) is 2.76. The number of ether oxygens (including phenoxy) is 3. The first-order valence-electron chi connectivity index (χ1n) is 12.0. The van der Waals surface area contributed by atoms with Crippen molar-refractivity contribution in [2.75, 3.05) is 50.0 Å². The van der Waals surface area contributed by atoms with Crippen molar-refractivity contribution in [3.8, 4) is 17.2 Å². The number of rotatable bonds is 10. The zero-order valence-electron chi connectivity index (χ0n) is 20.8. The van der Waals surface area contributed by atoms with Crippen LogP contribution in [0.2, 0.25) is 0 Å². The van der Waals surface area contributed by atoms with Crippen LogP contribution in [0.3, 0.4) is 0 Å². The molecule has 1 N–H and O–H groups in total. The molecule has 0 aliphatic carbocycles. The standard InChI is InChI=1S/C24H31N3O8S2/c1-18(27(36(2,29)30)19-5-10-22-23(17-19)35-16-15-34-22)24(28)25-11-14-33-20-6-8-21(9-7-20)37(31,32)26-12-3-4-13-26/h5-10,17-18H,3-4,11-16H2,1-2H3,(H,25,28)/t18-/m0/s1. The fourth-order valence-corrected chi connectivity index (χ4v) is 6.94. The average Bonchev–Trinajstić information content (AvgIpc) is 3.42. The predicted octanol–water partition coefficient (Wildman–Crippen LogP) is 1.59. The van der Waals surface area contributed by atoms with E-state index in [1.807, 2.05) is 0 Å². The highest BCUT2D eigenvalue weighted by Crippen LogP contribution is 2.35. The predicted molar refractivity (Wildman–Crippen MR) is 137 cm³/mol. The molecule has 4 rings (SSSR count). The van der Waals surface area contributed by atoms with Crippen molar-refractivity contribution in [1.29, 1.82) is 0 Å². The number of carbonyl (C=O) groups excluding carboxylic acids is 1. The van der Waals surface area contributed by atoms with Gasteiger partial charge in [-0.05, 0) is 56.2 Å². The third kappa shape index (κ3) is 6.28. The Labute approximate surface area is 217 Å². The molecule has 11 nitrogen and oxygen atoms in total. The first kappa shape index (κ1) is 27.0. The molecule has 0 radical (unpaired) electrons. The molecule has 0 bridgehead atoms. The Hall–Kier alpha value is -3.03. The molecule has 13 heteroatoms. The van der Waals surface area contributed by atoms with Crippen LogP contribution in [-0.2, 0) is 24.8 Å². The molecular formula is C24H31N3O8S2. The highest BCUT2D eigenvalue weighted by atomic mass is 32.2. The van der Waals surface area contributed by atoms with E-state index in [0.717, 1.165) is 23.4 Å². The lowest BCUT2D eigenvalue weighted by molar-refractivity contribution is -0.121. The van der Waals surface area contributed by atoms with Crippen molar-refractivity contribution in [3.63, 3.8) is 0 Å². The van der Waals surface area contributed by atoms with Gasteiger partial charge in [-0.15, -0.1) is 0 Å². The summed E-state index contributed by atoms with van der Waals surface area (Å²) in [6, 6.07) is 9.82. The summed E-state index contributed by atoms with van der Waals surface area (Å²) in [5, 5.41) is 2.68. The van der Waals surface area contributed by atoms with Gasteiger partial charge in [-0.3, -0.25) is 9.10 Å². The Kier molecular flexibility index (Phi) is 8.14. The molecule has 1 saturated heterocycles. The Bertz CT molecular complexity index is 1320. The molecular weight excluding hydrogens is 522 g/mol. The van der Waals surface area contributed by atoms with Crippen molar-refractivity contribution in [2.45, 2.75) is 30.7 Å². The zero-order valence-corrected chi connectivity index (χ0v) is 22.4. The van der Waals surface area contributed by atoms with E-state index in [4.69, 9.17) is 14.2 Å². The summed E-state index contributed by atoms with van der Waals surface area (Å²) >= 11 is 0. The molecule has 1 fully saturated rings. The van der Waals surface area contributed by atoms with Gasteiger partial charge in [0, 0.05) is 19.2 Å². The number of anilines is 1. The number of nitrogens with zero attached hydrogens (tertiary/aromatic N) is 2. The van der Waals surface area contributed by atoms with Crippen LogP contribution < -0.4 is 23.8 Å². The molecule has 2 aliphatic rings. The Balaban J connectivity index is 1.32. The molecule has 2 heterocycles. The van der Waals surface area contributed by atoms with Crippen molar-refractivity contribution < 1.29 is 35.8 Å². The monoisotopic (exact) mass is 553 g/mol. The van der Waals surface area contributed by atoms with E-state index in [9.17, 15) is 21.6 Å². The van der Waals surface area contributed by atoms with Crippen LogP contribution in [0.1, 0.15) is 19.8 Å². The Morgan fingerprint density at radius 2 is 1.68 bits per heavy atom. The van der Waals surface area contributed by atoms with Gasteiger partial charge in [0.1, 0.15) is 31.6 Å². The van der Waals surface area contributed by atoms with E-state index >= 15 is 0 Å². The van der Waals surface area contributed by atoms with E-state index in [-0.39, 0.29) is 23.7 Å². The van der Waals surface area contributed by atoms with Gasteiger partial charge in [0.15, 0.2) is 11.5 Å². The molecule has 0 spiro atoms. The zero-order chi connectivity index (χ0) is 26.6. The summed E-state index contributed by atoms with van der Waals surface area (Å²) in [6.45, 7) is 3.55. The maximum Gasteiger partial charge on any atom is 0.243 e. The lowest BCUT2D eigenvalue weighted by Crippen LogP contribution is -2.48. The summed E-state index contributed by atoms with van der Waals surface area (Å²) in [5.74, 6) is 0.879. The maximum atomic E-state index is 12.8. The summed E-state index contributed by atoms with van der Waals surface area (Å²) in [7, 11) is -7.29. The minimum absolute atomic E-state index is 0.111. The normalized spacial score (nSPS) is 16.7. The van der Waals surface area contributed by atoms with E-state index in [1.54, 1.807) is 24.3 Å². The van der Waals surface area contributed by atoms with E-state index in [0.29, 0.717) is 43.6 Å². The van der Waals surface area contributed by atoms with Crippen LogP contribution >= 0.6 is 0 Å². The summed E-state index contributed by atoms with van der Waals surface area (Å²) in [5.41, 5.74) is 0.287. The fourth-order valence-electron chi connectivity index (χ4n) is 4.25. The molecule has 2 aromatic carbocycles. The average molecular weight is 554 g/mol. The van der Waals surface area contributed by atoms with Crippen LogP contribution in [-0.4, -0.2) is 78.8 Å². The number of hydrogen-bond acceptors (Lipinski definition) is 8. The molecule has 0 saturated carbocycles. The van der Waals surface area contributed by atoms with Gasteiger partial charge in [0.25, 0.3) is 0 Å². The third-order valence-corrected chi connectivity index (χ3v) is 9.22. The smallest absolute Gasteiger partial charge is 0.243 e. The second-order valence-electron chi connectivity index (χ2n) is 8.78. The second kappa shape index (κ2) is 11.2. The van der Waals surface area contributed by atoms with Gasteiger partial charge in [0.2, 0.25) is 26.0 Å². The van der Waals surface area contributed by atoms with Crippen molar-refractivity contribution in [1.82, 2.24) is 9.62 Å². The molecule has 2 aromatic rings. The maximum absolute atomic E-state index is 12.8. The Morgan fingerprint density at radius 3 is 2.32 bits per heavy atom. The SMILES string of the molecule is C[C@@H](C(=O)NCCOc1ccc(S(=O)(=O)N2CCCC2)cc1)N(c1ccc2c(c1)OCCO2)S(C)(=O)=O. The molecule has 2 aliphatic heterocycles. The molecule has 37 heavy (non-hydrogen) atoms. The number of carbonyl (C=O) groups is 1. The minimum atomic E-state index is -3.79. The number of nitrogens with one attached hydrogen (secondary N) is 1. The van der Waals surface area contributed by atoms with Crippen molar-refractivity contribution in [3.05, 3.63) is 42.5 Å². The second-order valence-corrected chi connectivity index (χ2v) is 12.6. The number of amides is 1. The van der Waals surface area contributed by atoms with E-state index in [1.165, 1.54) is 29.4 Å². The molecule has 1 atom stereocenters. The van der Waals surface area contributed by atoms with Crippen LogP contribution in [0.15, 0.2) is 47.4 Å². The number of fused-ring (bicyclic) bond motifs is 1. The van der Waals surface area contributed by atoms with E-state index in [2.05, 4.69) is 5.32 Å². The van der Waals surface area contributed by atoms with Crippen LogP contribution in [0.5, 0.6) is 17.2 Å². The topological polar surface area (TPSA) is 132 Å². The van der Waals surface area contributed by atoms with Gasteiger partial charge < -0.3 is 19.5 Å². The van der Waals surface area contributed by atoms with Crippen LogP contribution in [0.4, 0.5) is 5.69 Å². The highest BCUT2D eigenvalue weighted by Gasteiger charge is 2.30. The van der Waals surface area contributed by atoms with Crippen molar-refractivity contribution >= 4 is 31.6 Å². The van der Waals surface area contributed by atoms with Gasteiger partial charge in [-0.2, -0.15) is 4.31 Å². The minimum Gasteiger partial charge on any atom is -0.492 e. The van der Waals surface area contributed by atoms with Gasteiger partial charge in [-0.1, -0.05) is 0 Å². The number of sulfonamides is 2. The molecule has 1 amide bonds.